The lowest BCUT2D eigenvalue weighted by atomic mass is 10.1. The van der Waals surface area contributed by atoms with Gasteiger partial charge in [-0.3, -0.25) is 10.1 Å². The van der Waals surface area contributed by atoms with Crippen molar-refractivity contribution in [2.45, 2.75) is 19.9 Å². The van der Waals surface area contributed by atoms with Crippen molar-refractivity contribution in [1.82, 2.24) is 4.98 Å². The summed E-state index contributed by atoms with van der Waals surface area (Å²) >= 11 is 0. The highest BCUT2D eigenvalue weighted by Crippen LogP contribution is 2.23. The zero-order valence-corrected chi connectivity index (χ0v) is 12.9. The lowest BCUT2D eigenvalue weighted by molar-refractivity contribution is -0.384. The lowest BCUT2D eigenvalue weighted by Crippen LogP contribution is -2.08. The summed E-state index contributed by atoms with van der Waals surface area (Å²) in [6.45, 7) is 2.47. The molecule has 2 aromatic rings. The van der Waals surface area contributed by atoms with E-state index in [0.717, 1.165) is 18.1 Å². The minimum Gasteiger partial charge on any atom is -0.465 e. The first-order valence-electron chi connectivity index (χ1n) is 7.09. The molecule has 0 saturated heterocycles. The molecule has 0 fully saturated rings. The van der Waals surface area contributed by atoms with E-state index in [0.29, 0.717) is 6.54 Å². The Morgan fingerprint density at radius 1 is 1.30 bits per heavy atom. The SMILES string of the molecule is CCc1ccc(CNc2ncc(C(=O)OC)cc2[N+](=O)[O-])cc1. The van der Waals surface area contributed by atoms with E-state index in [2.05, 4.69) is 22.0 Å². The summed E-state index contributed by atoms with van der Waals surface area (Å²) in [7, 11) is 1.21. The third-order valence-corrected chi connectivity index (χ3v) is 3.38. The third-order valence-electron chi connectivity index (χ3n) is 3.38. The highest BCUT2D eigenvalue weighted by atomic mass is 16.6. The van der Waals surface area contributed by atoms with E-state index >= 15 is 0 Å². The normalized spacial score (nSPS) is 10.2. The number of hydrogen-bond acceptors (Lipinski definition) is 6. The van der Waals surface area contributed by atoms with Gasteiger partial charge in [-0.1, -0.05) is 31.2 Å². The van der Waals surface area contributed by atoms with Gasteiger partial charge < -0.3 is 10.1 Å². The van der Waals surface area contributed by atoms with Crippen molar-refractivity contribution < 1.29 is 14.5 Å². The van der Waals surface area contributed by atoms with Crippen LogP contribution in [0.4, 0.5) is 11.5 Å². The zero-order valence-electron chi connectivity index (χ0n) is 12.9. The zero-order chi connectivity index (χ0) is 16.8. The second-order valence-corrected chi connectivity index (χ2v) is 4.86. The number of aromatic nitrogens is 1. The van der Waals surface area contributed by atoms with Crippen LogP contribution in [0.2, 0.25) is 0 Å². The fourth-order valence-electron chi connectivity index (χ4n) is 2.04. The van der Waals surface area contributed by atoms with Crippen LogP contribution in [0.25, 0.3) is 0 Å². The predicted molar refractivity (Wildman–Crippen MR) is 85.4 cm³/mol. The highest BCUT2D eigenvalue weighted by molar-refractivity contribution is 5.90. The molecule has 1 N–H and O–H groups in total. The number of nitrogens with one attached hydrogen (secondary N) is 1. The maximum atomic E-state index is 11.4. The third kappa shape index (κ3) is 4.03. The summed E-state index contributed by atoms with van der Waals surface area (Å²) in [5.41, 5.74) is 1.98. The molecule has 0 atom stereocenters. The Hall–Kier alpha value is -2.96. The quantitative estimate of drug-likeness (QED) is 0.500. The molecule has 23 heavy (non-hydrogen) atoms. The van der Waals surface area contributed by atoms with Crippen LogP contribution in [0.3, 0.4) is 0 Å². The number of aryl methyl sites for hydroxylation is 1. The number of rotatable bonds is 6. The monoisotopic (exact) mass is 315 g/mol. The van der Waals surface area contributed by atoms with Crippen molar-refractivity contribution in [2.24, 2.45) is 0 Å². The standard InChI is InChI=1S/C16H17N3O4/c1-3-11-4-6-12(7-5-11)9-17-15-14(19(21)22)8-13(10-18-15)16(20)23-2/h4-8,10H,3,9H2,1-2H3,(H,17,18). The van der Waals surface area contributed by atoms with Gasteiger partial charge >= 0.3 is 11.7 Å². The molecule has 0 bridgehead atoms. The molecule has 0 radical (unpaired) electrons. The predicted octanol–water partition coefficient (Wildman–Crippen LogP) is 2.95. The number of nitrogens with zero attached hydrogens (tertiary/aromatic N) is 2. The van der Waals surface area contributed by atoms with Gasteiger partial charge in [-0.25, -0.2) is 9.78 Å². The molecular formula is C16H17N3O4. The Labute approximate surface area is 133 Å². The van der Waals surface area contributed by atoms with Crippen molar-refractivity contribution >= 4 is 17.5 Å². The van der Waals surface area contributed by atoms with Crippen LogP contribution >= 0.6 is 0 Å². The van der Waals surface area contributed by atoms with Crippen molar-refractivity contribution in [2.75, 3.05) is 12.4 Å². The largest absolute Gasteiger partial charge is 0.465 e. The minimum atomic E-state index is -0.665. The molecule has 120 valence electrons. The number of esters is 1. The van der Waals surface area contributed by atoms with E-state index in [1.807, 2.05) is 24.3 Å². The maximum absolute atomic E-state index is 11.4. The Balaban J connectivity index is 2.18. The van der Waals surface area contributed by atoms with Crippen LogP contribution in [0.1, 0.15) is 28.4 Å². The fourth-order valence-corrected chi connectivity index (χ4v) is 2.04. The number of methoxy groups -OCH3 is 1. The second-order valence-electron chi connectivity index (χ2n) is 4.86. The van der Waals surface area contributed by atoms with Crippen LogP contribution < -0.4 is 5.32 Å². The number of carbonyl (C=O) groups is 1. The second kappa shape index (κ2) is 7.35. The number of ether oxygens (including phenoxy) is 1. The minimum absolute atomic E-state index is 0.0389. The molecule has 1 aromatic heterocycles. The molecule has 0 amide bonds. The number of anilines is 1. The number of nitro groups is 1. The number of carbonyl (C=O) groups excluding carboxylic acids is 1. The molecule has 0 aliphatic carbocycles. The number of pyridine rings is 1. The van der Waals surface area contributed by atoms with Gasteiger partial charge in [0.25, 0.3) is 0 Å². The van der Waals surface area contributed by atoms with Crippen molar-refractivity contribution in [3.63, 3.8) is 0 Å². The van der Waals surface area contributed by atoms with Gasteiger partial charge in [0.15, 0.2) is 0 Å². The molecule has 0 spiro atoms. The Morgan fingerprint density at radius 2 is 1.96 bits per heavy atom. The maximum Gasteiger partial charge on any atom is 0.339 e. The van der Waals surface area contributed by atoms with E-state index in [4.69, 9.17) is 0 Å². The van der Waals surface area contributed by atoms with Gasteiger partial charge in [0.05, 0.1) is 17.6 Å². The van der Waals surface area contributed by atoms with Gasteiger partial charge in [0.2, 0.25) is 5.82 Å². The summed E-state index contributed by atoms with van der Waals surface area (Å²) in [5.74, 6) is -0.551. The smallest absolute Gasteiger partial charge is 0.339 e. The summed E-state index contributed by atoms with van der Waals surface area (Å²) in [6, 6.07) is 9.10. The van der Waals surface area contributed by atoms with E-state index in [-0.39, 0.29) is 17.1 Å². The lowest BCUT2D eigenvalue weighted by Gasteiger charge is -2.08. The van der Waals surface area contributed by atoms with Crippen molar-refractivity contribution in [1.29, 1.82) is 0 Å². The van der Waals surface area contributed by atoms with Crippen LogP contribution in [0.15, 0.2) is 36.5 Å². The molecule has 7 heteroatoms. The van der Waals surface area contributed by atoms with Crippen LogP contribution in [0.5, 0.6) is 0 Å². The molecule has 0 aliphatic heterocycles. The number of benzene rings is 1. The average molecular weight is 315 g/mol. The van der Waals surface area contributed by atoms with Gasteiger partial charge in [-0.05, 0) is 17.5 Å². The van der Waals surface area contributed by atoms with E-state index in [1.165, 1.54) is 18.9 Å². The first-order valence-corrected chi connectivity index (χ1v) is 7.09. The van der Waals surface area contributed by atoms with E-state index in [9.17, 15) is 14.9 Å². The fraction of sp³-hybridized carbons (Fsp3) is 0.250. The molecule has 2 rings (SSSR count). The van der Waals surface area contributed by atoms with Crippen LogP contribution in [0, 0.1) is 10.1 Å². The molecule has 0 unspecified atom stereocenters. The summed E-state index contributed by atoms with van der Waals surface area (Å²) < 4.78 is 4.54. The molecule has 7 nitrogen and oxygen atoms in total. The summed E-state index contributed by atoms with van der Waals surface area (Å²) in [4.78, 5) is 26.0. The average Bonchev–Trinajstić information content (AvgIpc) is 2.59. The van der Waals surface area contributed by atoms with Gasteiger partial charge in [-0.2, -0.15) is 0 Å². The van der Waals surface area contributed by atoms with Gasteiger partial charge in [0, 0.05) is 18.8 Å². The first kappa shape index (κ1) is 16.4. The molecule has 1 heterocycles. The Kier molecular flexibility index (Phi) is 5.24. The van der Waals surface area contributed by atoms with Gasteiger partial charge in [0.1, 0.15) is 0 Å². The van der Waals surface area contributed by atoms with Crippen molar-refractivity contribution in [3.8, 4) is 0 Å². The Morgan fingerprint density at radius 3 is 2.52 bits per heavy atom. The van der Waals surface area contributed by atoms with Crippen molar-refractivity contribution in [3.05, 3.63) is 63.3 Å². The number of hydrogen-bond donors (Lipinski definition) is 1. The van der Waals surface area contributed by atoms with E-state index < -0.39 is 10.9 Å². The first-order chi connectivity index (χ1) is 11.0. The topological polar surface area (TPSA) is 94.4 Å². The van der Waals surface area contributed by atoms with E-state index in [1.54, 1.807) is 0 Å². The van der Waals surface area contributed by atoms with Gasteiger partial charge in [-0.15, -0.1) is 0 Å². The molecule has 0 aliphatic rings. The van der Waals surface area contributed by atoms with Crippen LogP contribution in [-0.4, -0.2) is 23.0 Å². The molecule has 1 aromatic carbocycles. The summed E-state index contributed by atoms with van der Waals surface area (Å²) in [5, 5.41) is 14.1. The summed E-state index contributed by atoms with van der Waals surface area (Å²) in [6.07, 6.45) is 2.21. The molecule has 0 saturated carbocycles. The Bertz CT molecular complexity index is 714. The van der Waals surface area contributed by atoms with Crippen LogP contribution in [-0.2, 0) is 17.7 Å². The highest BCUT2D eigenvalue weighted by Gasteiger charge is 2.19. The molecular weight excluding hydrogens is 298 g/mol.